The Kier molecular flexibility index (Phi) is 4.46. The fraction of sp³-hybridized carbons (Fsp3) is 0.214. The van der Waals surface area contributed by atoms with Crippen LogP contribution in [0.25, 0.3) is 0 Å². The van der Waals surface area contributed by atoms with E-state index in [0.717, 1.165) is 22.5 Å². The monoisotopic (exact) mass is 325 g/mol. The Hall–Kier alpha value is -1.70. The number of carboxylic acid groups (broad SMARTS) is 1. The van der Waals surface area contributed by atoms with Crippen molar-refractivity contribution in [3.8, 4) is 0 Å². The second-order valence-electron chi connectivity index (χ2n) is 4.62. The van der Waals surface area contributed by atoms with Gasteiger partial charge in [-0.25, -0.2) is 17.9 Å². The highest BCUT2D eigenvalue weighted by Crippen LogP contribution is 2.25. The van der Waals surface area contributed by atoms with Crippen LogP contribution in [0.1, 0.15) is 33.8 Å². The molecule has 0 aliphatic rings. The van der Waals surface area contributed by atoms with Gasteiger partial charge in [-0.3, -0.25) is 0 Å². The first-order chi connectivity index (χ1) is 9.83. The lowest BCUT2D eigenvalue weighted by Gasteiger charge is -2.16. The average molecular weight is 325 g/mol. The lowest BCUT2D eigenvalue weighted by atomic mass is 10.0. The Labute approximate surface area is 127 Å². The third-order valence-corrected chi connectivity index (χ3v) is 5.71. The Bertz CT molecular complexity index is 765. The number of hydrogen-bond acceptors (Lipinski definition) is 4. The van der Waals surface area contributed by atoms with Crippen molar-refractivity contribution < 1.29 is 18.3 Å². The van der Waals surface area contributed by atoms with Gasteiger partial charge in [0.2, 0.25) is 10.0 Å². The van der Waals surface area contributed by atoms with Gasteiger partial charge in [-0.05, 0) is 36.4 Å². The third-order valence-electron chi connectivity index (χ3n) is 3.10. The highest BCUT2D eigenvalue weighted by atomic mass is 32.2. The molecule has 112 valence electrons. The maximum atomic E-state index is 12.3. The van der Waals surface area contributed by atoms with Gasteiger partial charge in [0.1, 0.15) is 9.77 Å². The van der Waals surface area contributed by atoms with Gasteiger partial charge in [-0.1, -0.05) is 24.3 Å². The van der Waals surface area contributed by atoms with Crippen molar-refractivity contribution >= 4 is 27.3 Å². The summed E-state index contributed by atoms with van der Waals surface area (Å²) in [5, 5.41) is 10.5. The van der Waals surface area contributed by atoms with Crippen LogP contribution in [0.4, 0.5) is 0 Å². The minimum Gasteiger partial charge on any atom is -0.477 e. The molecule has 0 saturated heterocycles. The van der Waals surface area contributed by atoms with Gasteiger partial charge in [-0.15, -0.1) is 11.3 Å². The van der Waals surface area contributed by atoms with Crippen molar-refractivity contribution in [3.05, 3.63) is 51.7 Å². The van der Waals surface area contributed by atoms with Crippen molar-refractivity contribution in [2.45, 2.75) is 24.8 Å². The molecule has 2 N–H and O–H groups in total. The number of sulfonamides is 1. The number of rotatable bonds is 5. The summed E-state index contributed by atoms with van der Waals surface area (Å²) in [6.07, 6.45) is 0. The molecule has 7 heteroatoms. The number of aromatic carboxylic acids is 1. The Balaban J connectivity index is 2.32. The van der Waals surface area contributed by atoms with Crippen LogP contribution < -0.4 is 4.72 Å². The Morgan fingerprint density at radius 3 is 2.57 bits per heavy atom. The predicted molar refractivity (Wildman–Crippen MR) is 81.2 cm³/mol. The van der Waals surface area contributed by atoms with E-state index in [2.05, 4.69) is 4.72 Å². The van der Waals surface area contributed by atoms with Gasteiger partial charge in [0, 0.05) is 6.04 Å². The summed E-state index contributed by atoms with van der Waals surface area (Å²) in [5.41, 5.74) is 1.82. The van der Waals surface area contributed by atoms with Crippen LogP contribution in [0.5, 0.6) is 0 Å². The SMILES string of the molecule is Cc1ccccc1C(C)NS(=O)(=O)c1ccsc1C(=O)O. The standard InChI is InChI=1S/C14H15NO4S2/c1-9-5-3-4-6-11(9)10(2)15-21(18,19)12-7-8-20-13(12)14(16)17/h3-8,10,15H,1-2H3,(H,16,17). The summed E-state index contributed by atoms with van der Waals surface area (Å²) in [7, 11) is -3.88. The minimum atomic E-state index is -3.88. The molecule has 0 amide bonds. The Morgan fingerprint density at radius 1 is 1.29 bits per heavy atom. The van der Waals surface area contributed by atoms with Crippen molar-refractivity contribution in [1.82, 2.24) is 4.72 Å². The molecule has 0 radical (unpaired) electrons. The summed E-state index contributed by atoms with van der Waals surface area (Å²) in [6.45, 7) is 3.63. The molecule has 0 aliphatic carbocycles. The predicted octanol–water partition coefficient (Wildman–Crippen LogP) is 2.79. The smallest absolute Gasteiger partial charge is 0.347 e. The van der Waals surface area contributed by atoms with E-state index in [4.69, 9.17) is 5.11 Å². The minimum absolute atomic E-state index is 0.181. The van der Waals surface area contributed by atoms with E-state index in [1.807, 2.05) is 31.2 Å². The fourth-order valence-corrected chi connectivity index (χ4v) is 4.58. The summed E-state index contributed by atoms with van der Waals surface area (Å²) in [5.74, 6) is -1.24. The Morgan fingerprint density at radius 2 is 1.95 bits per heavy atom. The number of carboxylic acids is 1. The number of carbonyl (C=O) groups is 1. The molecule has 0 aliphatic heterocycles. The van der Waals surface area contributed by atoms with Crippen molar-refractivity contribution in [2.75, 3.05) is 0 Å². The largest absolute Gasteiger partial charge is 0.477 e. The highest BCUT2D eigenvalue weighted by Gasteiger charge is 2.25. The van der Waals surface area contributed by atoms with E-state index in [1.54, 1.807) is 6.92 Å². The first kappa shape index (κ1) is 15.7. The number of thiophene rings is 1. The lowest BCUT2D eigenvalue weighted by Crippen LogP contribution is -2.28. The molecule has 2 rings (SSSR count). The third kappa shape index (κ3) is 3.31. The van der Waals surface area contributed by atoms with Crippen LogP contribution in [0.2, 0.25) is 0 Å². The number of benzene rings is 1. The van der Waals surface area contributed by atoms with Gasteiger partial charge in [-0.2, -0.15) is 0 Å². The molecular weight excluding hydrogens is 310 g/mol. The van der Waals surface area contributed by atoms with E-state index in [0.29, 0.717) is 0 Å². The van der Waals surface area contributed by atoms with Crippen molar-refractivity contribution in [1.29, 1.82) is 0 Å². The fourth-order valence-electron chi connectivity index (χ4n) is 2.10. The zero-order chi connectivity index (χ0) is 15.6. The molecule has 1 aromatic carbocycles. The van der Waals surface area contributed by atoms with E-state index in [-0.39, 0.29) is 9.77 Å². The molecule has 0 spiro atoms. The van der Waals surface area contributed by atoms with Crippen molar-refractivity contribution in [3.63, 3.8) is 0 Å². The molecule has 1 unspecified atom stereocenters. The molecule has 1 heterocycles. The molecule has 1 aromatic heterocycles. The molecule has 1 atom stereocenters. The van der Waals surface area contributed by atoms with Crippen LogP contribution in [0.3, 0.4) is 0 Å². The lowest BCUT2D eigenvalue weighted by molar-refractivity contribution is 0.0698. The summed E-state index contributed by atoms with van der Waals surface area (Å²) in [6, 6.07) is 8.31. The second-order valence-corrected chi connectivity index (χ2v) is 7.22. The van der Waals surface area contributed by atoms with E-state index < -0.39 is 22.0 Å². The average Bonchev–Trinajstić information content (AvgIpc) is 2.88. The van der Waals surface area contributed by atoms with E-state index >= 15 is 0 Å². The summed E-state index contributed by atoms with van der Waals surface area (Å²) < 4.78 is 27.2. The maximum Gasteiger partial charge on any atom is 0.347 e. The number of hydrogen-bond donors (Lipinski definition) is 2. The molecule has 0 bridgehead atoms. The molecule has 5 nitrogen and oxygen atoms in total. The highest BCUT2D eigenvalue weighted by molar-refractivity contribution is 7.89. The number of nitrogens with one attached hydrogen (secondary N) is 1. The topological polar surface area (TPSA) is 83.5 Å². The van der Waals surface area contributed by atoms with Crippen LogP contribution in [-0.2, 0) is 10.0 Å². The molecule has 21 heavy (non-hydrogen) atoms. The first-order valence-electron chi connectivity index (χ1n) is 6.21. The van der Waals surface area contributed by atoms with Gasteiger partial charge >= 0.3 is 5.97 Å². The van der Waals surface area contributed by atoms with Gasteiger partial charge in [0.25, 0.3) is 0 Å². The summed E-state index contributed by atoms with van der Waals surface area (Å²) >= 11 is 0.892. The molecular formula is C14H15NO4S2. The van der Waals surface area contributed by atoms with E-state index in [9.17, 15) is 13.2 Å². The zero-order valence-corrected chi connectivity index (χ0v) is 13.2. The van der Waals surface area contributed by atoms with E-state index in [1.165, 1.54) is 11.4 Å². The quantitative estimate of drug-likeness (QED) is 0.885. The van der Waals surface area contributed by atoms with Crippen LogP contribution in [0, 0.1) is 6.92 Å². The summed E-state index contributed by atoms with van der Waals surface area (Å²) in [4.78, 5) is 10.7. The normalized spacial score (nSPS) is 13.0. The number of aryl methyl sites for hydroxylation is 1. The molecule has 2 aromatic rings. The van der Waals surface area contributed by atoms with Crippen LogP contribution >= 0.6 is 11.3 Å². The van der Waals surface area contributed by atoms with Crippen LogP contribution in [-0.4, -0.2) is 19.5 Å². The molecule has 0 fully saturated rings. The van der Waals surface area contributed by atoms with Crippen LogP contribution in [0.15, 0.2) is 40.6 Å². The van der Waals surface area contributed by atoms with Crippen molar-refractivity contribution in [2.24, 2.45) is 0 Å². The van der Waals surface area contributed by atoms with Gasteiger partial charge < -0.3 is 5.11 Å². The van der Waals surface area contributed by atoms with Gasteiger partial charge in [0.05, 0.1) is 0 Å². The maximum absolute atomic E-state index is 12.3. The molecule has 0 saturated carbocycles. The second kappa shape index (κ2) is 5.97. The first-order valence-corrected chi connectivity index (χ1v) is 8.58. The zero-order valence-electron chi connectivity index (χ0n) is 11.5. The van der Waals surface area contributed by atoms with Gasteiger partial charge in [0.15, 0.2) is 0 Å².